The molecule has 0 aromatic carbocycles. The van der Waals surface area contributed by atoms with Crippen LogP contribution in [0.15, 0.2) is 0 Å². The molecule has 0 aromatic rings. The van der Waals surface area contributed by atoms with Crippen molar-refractivity contribution in [1.82, 2.24) is 4.90 Å². The Labute approximate surface area is 103 Å². The largest absolute Gasteiger partial charge is 0.297 e. The fraction of sp³-hybridized carbons (Fsp3) is 0.923. The highest BCUT2D eigenvalue weighted by atomic mass is 32.2. The summed E-state index contributed by atoms with van der Waals surface area (Å²) in [6, 6.07) is 3.10. The number of nitrogens with zero attached hydrogens (tertiary/aromatic N) is 2. The SMILES string of the molecule is CCC1CN(C2CCCCC2C#N)CCS1. The average molecular weight is 238 g/mol. The Morgan fingerprint density at radius 1 is 1.38 bits per heavy atom. The molecule has 0 amide bonds. The zero-order valence-corrected chi connectivity index (χ0v) is 11.0. The van der Waals surface area contributed by atoms with Crippen LogP contribution in [0.4, 0.5) is 0 Å². The number of rotatable bonds is 2. The first-order valence-electron chi connectivity index (χ1n) is 6.60. The average Bonchev–Trinajstić information content (AvgIpc) is 2.38. The van der Waals surface area contributed by atoms with E-state index in [9.17, 15) is 5.26 Å². The highest BCUT2D eigenvalue weighted by Crippen LogP contribution is 2.31. The smallest absolute Gasteiger partial charge is 0.0672 e. The first-order chi connectivity index (χ1) is 7.85. The van der Waals surface area contributed by atoms with E-state index in [2.05, 4.69) is 29.7 Å². The minimum atomic E-state index is 0.300. The van der Waals surface area contributed by atoms with Gasteiger partial charge in [-0.2, -0.15) is 17.0 Å². The Morgan fingerprint density at radius 2 is 2.19 bits per heavy atom. The van der Waals surface area contributed by atoms with Crippen LogP contribution in [0.25, 0.3) is 0 Å². The van der Waals surface area contributed by atoms with Gasteiger partial charge >= 0.3 is 0 Å². The monoisotopic (exact) mass is 238 g/mol. The van der Waals surface area contributed by atoms with Gasteiger partial charge in [0.1, 0.15) is 0 Å². The zero-order valence-electron chi connectivity index (χ0n) is 10.2. The van der Waals surface area contributed by atoms with Gasteiger partial charge in [0, 0.05) is 30.1 Å². The third-order valence-electron chi connectivity index (χ3n) is 3.99. The molecule has 0 bridgehead atoms. The van der Waals surface area contributed by atoms with E-state index in [0.717, 1.165) is 11.7 Å². The maximum atomic E-state index is 9.23. The Kier molecular flexibility index (Phi) is 4.55. The molecule has 1 saturated carbocycles. The van der Waals surface area contributed by atoms with Gasteiger partial charge in [-0.15, -0.1) is 0 Å². The summed E-state index contributed by atoms with van der Waals surface area (Å²) < 4.78 is 0. The third kappa shape index (κ3) is 2.73. The van der Waals surface area contributed by atoms with Crippen molar-refractivity contribution in [2.24, 2.45) is 5.92 Å². The van der Waals surface area contributed by atoms with Crippen LogP contribution < -0.4 is 0 Å². The fourth-order valence-corrected chi connectivity index (χ4v) is 4.20. The maximum Gasteiger partial charge on any atom is 0.0672 e. The van der Waals surface area contributed by atoms with Gasteiger partial charge in [0.15, 0.2) is 0 Å². The molecule has 3 heteroatoms. The van der Waals surface area contributed by atoms with E-state index in [-0.39, 0.29) is 0 Å². The molecular weight excluding hydrogens is 216 g/mol. The van der Waals surface area contributed by atoms with E-state index in [0.29, 0.717) is 12.0 Å². The molecular formula is C13H22N2S. The topological polar surface area (TPSA) is 27.0 Å². The lowest BCUT2D eigenvalue weighted by atomic mass is 9.84. The molecule has 1 aliphatic heterocycles. The van der Waals surface area contributed by atoms with Gasteiger partial charge in [0.2, 0.25) is 0 Å². The van der Waals surface area contributed by atoms with Crippen LogP contribution >= 0.6 is 11.8 Å². The molecule has 3 unspecified atom stereocenters. The van der Waals surface area contributed by atoms with Crippen molar-refractivity contribution in [3.05, 3.63) is 0 Å². The van der Waals surface area contributed by atoms with Crippen LogP contribution in [0.1, 0.15) is 39.0 Å². The first kappa shape index (κ1) is 12.3. The molecule has 3 atom stereocenters. The van der Waals surface area contributed by atoms with E-state index in [1.807, 2.05) is 0 Å². The van der Waals surface area contributed by atoms with Gasteiger partial charge in [0.25, 0.3) is 0 Å². The number of hydrogen-bond donors (Lipinski definition) is 0. The van der Waals surface area contributed by atoms with E-state index < -0.39 is 0 Å². The standard InChI is InChI=1S/C13H22N2S/c1-2-12-10-15(7-8-16-12)13-6-4-3-5-11(13)9-14/h11-13H,2-8,10H2,1H3. The molecule has 2 fully saturated rings. The Morgan fingerprint density at radius 3 is 2.94 bits per heavy atom. The van der Waals surface area contributed by atoms with Gasteiger partial charge in [-0.1, -0.05) is 19.8 Å². The zero-order chi connectivity index (χ0) is 11.4. The summed E-state index contributed by atoms with van der Waals surface area (Å²) in [5, 5.41) is 10.0. The molecule has 90 valence electrons. The minimum absolute atomic E-state index is 0.300. The summed E-state index contributed by atoms with van der Waals surface area (Å²) >= 11 is 2.12. The molecule has 0 spiro atoms. The third-order valence-corrected chi connectivity index (χ3v) is 5.36. The predicted molar refractivity (Wildman–Crippen MR) is 69.5 cm³/mol. The van der Waals surface area contributed by atoms with Crippen molar-refractivity contribution in [2.75, 3.05) is 18.8 Å². The Bertz CT molecular complexity index is 261. The summed E-state index contributed by atoms with van der Waals surface area (Å²) in [6.07, 6.45) is 6.23. The molecule has 1 heterocycles. The van der Waals surface area contributed by atoms with Crippen LogP contribution in [0.5, 0.6) is 0 Å². The lowest BCUT2D eigenvalue weighted by molar-refractivity contribution is 0.130. The van der Waals surface area contributed by atoms with Gasteiger partial charge < -0.3 is 0 Å². The van der Waals surface area contributed by atoms with Crippen LogP contribution in [0.2, 0.25) is 0 Å². The molecule has 0 radical (unpaired) electrons. The van der Waals surface area contributed by atoms with Crippen LogP contribution in [-0.4, -0.2) is 35.0 Å². The van der Waals surface area contributed by atoms with E-state index in [1.165, 1.54) is 44.5 Å². The van der Waals surface area contributed by atoms with Gasteiger partial charge in [0.05, 0.1) is 12.0 Å². The summed E-state index contributed by atoms with van der Waals surface area (Å²) in [5.74, 6) is 1.56. The lowest BCUT2D eigenvalue weighted by Gasteiger charge is -2.41. The van der Waals surface area contributed by atoms with Crippen LogP contribution in [-0.2, 0) is 0 Å². The summed E-state index contributed by atoms with van der Waals surface area (Å²) in [5.41, 5.74) is 0. The number of hydrogen-bond acceptors (Lipinski definition) is 3. The van der Waals surface area contributed by atoms with Crippen molar-refractivity contribution in [1.29, 1.82) is 5.26 Å². The second-order valence-electron chi connectivity index (χ2n) is 4.98. The predicted octanol–water partition coefficient (Wildman–Crippen LogP) is 2.90. The van der Waals surface area contributed by atoms with Gasteiger partial charge in [-0.3, -0.25) is 4.90 Å². The molecule has 2 aliphatic rings. The second kappa shape index (κ2) is 5.93. The van der Waals surface area contributed by atoms with Crippen molar-refractivity contribution >= 4 is 11.8 Å². The van der Waals surface area contributed by atoms with E-state index in [4.69, 9.17) is 0 Å². The second-order valence-corrected chi connectivity index (χ2v) is 6.39. The molecule has 16 heavy (non-hydrogen) atoms. The summed E-state index contributed by atoms with van der Waals surface area (Å²) in [4.78, 5) is 2.61. The van der Waals surface area contributed by atoms with Gasteiger partial charge in [-0.05, 0) is 19.3 Å². The van der Waals surface area contributed by atoms with E-state index >= 15 is 0 Å². The maximum absolute atomic E-state index is 9.23. The molecule has 1 aliphatic carbocycles. The Balaban J connectivity index is 1.96. The van der Waals surface area contributed by atoms with Crippen LogP contribution in [0, 0.1) is 17.2 Å². The molecule has 0 N–H and O–H groups in total. The van der Waals surface area contributed by atoms with Gasteiger partial charge in [-0.25, -0.2) is 0 Å². The fourth-order valence-electron chi connectivity index (χ4n) is 2.99. The lowest BCUT2D eigenvalue weighted by Crippen LogP contribution is -2.48. The molecule has 0 aromatic heterocycles. The highest BCUT2D eigenvalue weighted by Gasteiger charge is 2.32. The van der Waals surface area contributed by atoms with Crippen molar-refractivity contribution < 1.29 is 0 Å². The van der Waals surface area contributed by atoms with Crippen molar-refractivity contribution in [3.8, 4) is 6.07 Å². The number of nitriles is 1. The highest BCUT2D eigenvalue weighted by molar-refractivity contribution is 8.00. The quantitative estimate of drug-likeness (QED) is 0.740. The molecule has 2 nitrogen and oxygen atoms in total. The first-order valence-corrected chi connectivity index (χ1v) is 7.65. The minimum Gasteiger partial charge on any atom is -0.297 e. The van der Waals surface area contributed by atoms with Crippen LogP contribution in [0.3, 0.4) is 0 Å². The molecule has 2 rings (SSSR count). The normalized spacial score (nSPS) is 36.9. The van der Waals surface area contributed by atoms with Crippen molar-refractivity contribution in [2.45, 2.75) is 50.3 Å². The van der Waals surface area contributed by atoms with E-state index in [1.54, 1.807) is 0 Å². The Hall–Kier alpha value is -0.200. The van der Waals surface area contributed by atoms with Crippen molar-refractivity contribution in [3.63, 3.8) is 0 Å². The number of thioether (sulfide) groups is 1. The molecule has 1 saturated heterocycles. The summed E-state index contributed by atoms with van der Waals surface area (Å²) in [7, 11) is 0. The summed E-state index contributed by atoms with van der Waals surface area (Å²) in [6.45, 7) is 4.69.